The third-order valence-corrected chi connectivity index (χ3v) is 5.61. The number of amides is 5. The van der Waals surface area contributed by atoms with Gasteiger partial charge in [-0.2, -0.15) is 18.2 Å². The summed E-state index contributed by atoms with van der Waals surface area (Å²) in [4.78, 5) is 61.9. The van der Waals surface area contributed by atoms with E-state index in [1.165, 1.54) is 0 Å². The molecule has 0 spiro atoms. The first-order valence-corrected chi connectivity index (χ1v) is 13.9. The van der Waals surface area contributed by atoms with Crippen molar-refractivity contribution >= 4 is 35.8 Å². The first-order valence-electron chi connectivity index (χ1n) is 13.9. The van der Waals surface area contributed by atoms with Crippen LogP contribution in [-0.2, 0) is 66.1 Å². The van der Waals surface area contributed by atoms with Crippen molar-refractivity contribution in [1.29, 1.82) is 0 Å². The molecule has 3 aliphatic heterocycles. The van der Waals surface area contributed by atoms with Crippen LogP contribution in [0.1, 0.15) is 80.6 Å². The maximum Gasteiger partial charge on any atom is 0.248 e. The van der Waals surface area contributed by atoms with Gasteiger partial charge in [0.1, 0.15) is 11.8 Å². The number of aliphatic imine (C=N–C) groups is 1. The fourth-order valence-corrected chi connectivity index (χ4v) is 3.52. The van der Waals surface area contributed by atoms with E-state index in [1.54, 1.807) is 26.0 Å². The SMILES string of the molecule is C=C1CCC(NC(=O)C2=CCC(C)CN=[C-]2)C(=O)N1.CC.CC.CC=[C-]/C(=C\C)C(=O)NC1CCC(=O)NC1=O.[W].[W]. The Labute approximate surface area is 279 Å². The molecule has 3 aliphatic rings. The van der Waals surface area contributed by atoms with E-state index in [-0.39, 0.29) is 72.2 Å². The summed E-state index contributed by atoms with van der Waals surface area (Å²) in [5, 5.41) is 10.1. The van der Waals surface area contributed by atoms with Crippen LogP contribution in [0.25, 0.3) is 0 Å². The number of piperidine rings is 2. The molecule has 12 heteroatoms. The third kappa shape index (κ3) is 16.3. The van der Waals surface area contributed by atoms with E-state index >= 15 is 0 Å². The zero-order chi connectivity index (χ0) is 30.7. The van der Waals surface area contributed by atoms with Crippen LogP contribution in [0.2, 0.25) is 0 Å². The van der Waals surface area contributed by atoms with Gasteiger partial charge in [0.15, 0.2) is 0 Å². The zero-order valence-electron chi connectivity index (χ0n) is 25.7. The molecule has 5 amide bonds. The van der Waals surface area contributed by atoms with Crippen LogP contribution in [0.4, 0.5) is 0 Å². The molecule has 0 bridgehead atoms. The van der Waals surface area contributed by atoms with Gasteiger partial charge in [0.25, 0.3) is 0 Å². The summed E-state index contributed by atoms with van der Waals surface area (Å²) >= 11 is 0. The van der Waals surface area contributed by atoms with Crippen LogP contribution >= 0.6 is 0 Å². The van der Waals surface area contributed by atoms with Gasteiger partial charge in [-0.3, -0.25) is 19.7 Å². The summed E-state index contributed by atoms with van der Waals surface area (Å²) < 4.78 is 0. The maximum absolute atomic E-state index is 12.0. The number of imide groups is 1. The second-order valence-corrected chi connectivity index (χ2v) is 8.68. The molecule has 0 saturated carbocycles. The zero-order valence-corrected chi connectivity index (χ0v) is 31.6. The van der Waals surface area contributed by atoms with Crippen molar-refractivity contribution in [2.45, 2.75) is 92.7 Å². The van der Waals surface area contributed by atoms with Gasteiger partial charge in [-0.05, 0) is 25.2 Å². The van der Waals surface area contributed by atoms with Gasteiger partial charge in [0.2, 0.25) is 17.7 Å². The minimum atomic E-state index is -0.645. The predicted octanol–water partition coefficient (Wildman–Crippen LogP) is 3.09. The van der Waals surface area contributed by atoms with Crippen molar-refractivity contribution in [3.05, 3.63) is 47.7 Å². The number of hydrogen-bond donors (Lipinski definition) is 4. The van der Waals surface area contributed by atoms with Crippen molar-refractivity contribution in [3.63, 3.8) is 0 Å². The van der Waals surface area contributed by atoms with Gasteiger partial charge in [-0.1, -0.05) is 67.7 Å². The van der Waals surface area contributed by atoms with Crippen LogP contribution < -0.4 is 21.3 Å². The van der Waals surface area contributed by atoms with Crippen LogP contribution in [0.5, 0.6) is 0 Å². The van der Waals surface area contributed by atoms with Gasteiger partial charge in [-0.15, -0.1) is 17.2 Å². The molecule has 10 nitrogen and oxygen atoms in total. The van der Waals surface area contributed by atoms with Gasteiger partial charge in [0.05, 0.1) is 12.1 Å². The molecule has 0 aromatic carbocycles. The average molecular weight is 923 g/mol. The predicted molar refractivity (Wildman–Crippen MR) is 157 cm³/mol. The van der Waals surface area contributed by atoms with E-state index < -0.39 is 18.0 Å². The molecular formula is C30H45N5O5W2-2. The number of nitrogens with zero attached hydrogens (tertiary/aromatic N) is 1. The molecular weight excluding hydrogens is 878 g/mol. The number of carbonyl (C=O) groups is 5. The van der Waals surface area contributed by atoms with Crippen molar-refractivity contribution in [2.24, 2.45) is 10.9 Å². The number of allylic oxidation sites excluding steroid dienone is 4. The minimum Gasteiger partial charge on any atom is -0.394 e. The standard InChI is InChI=1S/C14H18N3O2.C12H15N2O3.2C2H6.2W/c1-9-3-5-11(8-15-7-9)13(18)17-12-6-4-10(2)16-14(12)19;1-3-5-8(4-2)11(16)13-9-6-7-10(15)14-12(9)17;2*1-2;;/h5,9,12H,2-4,6-7H2,1H3,(H,16,19)(H,17,18);3-4,9H,6-7H2,1-2H3,(H,13,16)(H,14,15,17);2*1-2H3;;/q2*-1;;;;/b;8-4+;;;;. The van der Waals surface area contributed by atoms with Crippen molar-refractivity contribution in [1.82, 2.24) is 21.3 Å². The molecule has 234 valence electrons. The number of hydrogen-bond acceptors (Lipinski definition) is 6. The summed E-state index contributed by atoms with van der Waals surface area (Å²) in [6.07, 6.45) is 13.2. The number of nitrogens with one attached hydrogen (secondary N) is 4. The monoisotopic (exact) mass is 923 g/mol. The van der Waals surface area contributed by atoms with Crippen LogP contribution in [0.3, 0.4) is 0 Å². The quantitative estimate of drug-likeness (QED) is 0.145. The summed E-state index contributed by atoms with van der Waals surface area (Å²) in [7, 11) is 0. The molecule has 3 rings (SSSR count). The Hall–Kier alpha value is -2.44. The Bertz CT molecular complexity index is 1040. The normalized spacial score (nSPS) is 21.4. The first kappa shape index (κ1) is 44.0. The van der Waals surface area contributed by atoms with Gasteiger partial charge in [0, 0.05) is 60.8 Å². The fraction of sp³-hybridized carbons (Fsp3) is 0.533. The van der Waals surface area contributed by atoms with Crippen molar-refractivity contribution in [2.75, 3.05) is 6.54 Å². The molecule has 42 heavy (non-hydrogen) atoms. The topological polar surface area (TPSA) is 146 Å². The minimum absolute atomic E-state index is 0. The van der Waals surface area contributed by atoms with Crippen LogP contribution in [0.15, 0.2) is 46.6 Å². The second kappa shape index (κ2) is 25.1. The molecule has 0 aromatic heterocycles. The summed E-state index contributed by atoms with van der Waals surface area (Å²) in [6.45, 7) is 17.9. The van der Waals surface area contributed by atoms with E-state index in [2.05, 4.69) is 52.1 Å². The van der Waals surface area contributed by atoms with Crippen molar-refractivity contribution < 1.29 is 66.1 Å². The Morgan fingerprint density at radius 2 is 1.57 bits per heavy atom. The molecule has 3 unspecified atom stereocenters. The number of rotatable bonds is 5. The summed E-state index contributed by atoms with van der Waals surface area (Å²) in [5.41, 5.74) is 1.49. The van der Waals surface area contributed by atoms with E-state index in [9.17, 15) is 24.0 Å². The molecule has 2 saturated heterocycles. The van der Waals surface area contributed by atoms with Crippen LogP contribution in [0, 0.1) is 12.0 Å². The van der Waals surface area contributed by atoms with E-state index in [4.69, 9.17) is 0 Å². The Morgan fingerprint density at radius 3 is 2.12 bits per heavy atom. The molecule has 3 atom stereocenters. The van der Waals surface area contributed by atoms with Gasteiger partial charge < -0.3 is 30.5 Å². The number of carbonyl (C=O) groups excluding carboxylic acids is 5. The average Bonchev–Trinajstić information content (AvgIpc) is 3.17. The maximum atomic E-state index is 12.0. The summed E-state index contributed by atoms with van der Waals surface area (Å²) in [5.74, 6) is -1.19. The third-order valence-electron chi connectivity index (χ3n) is 5.61. The van der Waals surface area contributed by atoms with Gasteiger partial charge >= 0.3 is 0 Å². The van der Waals surface area contributed by atoms with E-state index in [0.717, 1.165) is 6.42 Å². The largest absolute Gasteiger partial charge is 0.394 e. The van der Waals surface area contributed by atoms with Crippen molar-refractivity contribution in [3.8, 4) is 0 Å². The van der Waals surface area contributed by atoms with E-state index in [0.29, 0.717) is 48.6 Å². The van der Waals surface area contributed by atoms with Crippen LogP contribution in [-0.4, -0.2) is 54.4 Å². The Morgan fingerprint density at radius 1 is 1.00 bits per heavy atom. The Kier molecular flexibility index (Phi) is 26.3. The fourth-order valence-electron chi connectivity index (χ4n) is 3.52. The summed E-state index contributed by atoms with van der Waals surface area (Å²) in [6, 6.07) is -1.14. The molecule has 2 fully saturated rings. The smallest absolute Gasteiger partial charge is 0.248 e. The second-order valence-electron chi connectivity index (χ2n) is 8.68. The molecule has 0 radical (unpaired) electrons. The molecule has 4 N–H and O–H groups in total. The Balaban J connectivity index is -0.000000624. The van der Waals surface area contributed by atoms with Gasteiger partial charge in [-0.25, -0.2) is 0 Å². The molecule has 0 aromatic rings. The first-order chi connectivity index (χ1) is 19.1. The van der Waals surface area contributed by atoms with E-state index in [1.807, 2.05) is 33.8 Å². The molecule has 0 aliphatic carbocycles. The molecule has 3 heterocycles.